The highest BCUT2D eigenvalue weighted by Gasteiger charge is 1.93. The third-order valence-electron chi connectivity index (χ3n) is 1.44. The maximum absolute atomic E-state index is 8.49. The standard InChI is InChI=1S/C9H8N4/c10-4-1-5-12-9-3-2-8(6-11)7-13-9/h2-3,7H,1,5H2,(H,12,13). The second-order valence-electron chi connectivity index (χ2n) is 2.38. The molecule has 0 unspecified atom stereocenters. The first kappa shape index (κ1) is 9.02. The second-order valence-corrected chi connectivity index (χ2v) is 2.38. The molecule has 0 atom stereocenters. The van der Waals surface area contributed by atoms with Gasteiger partial charge in [-0.15, -0.1) is 0 Å². The molecular weight excluding hydrogens is 164 g/mol. The number of aromatic nitrogens is 1. The molecule has 0 aromatic carbocycles. The van der Waals surface area contributed by atoms with E-state index < -0.39 is 0 Å². The van der Waals surface area contributed by atoms with Crippen molar-refractivity contribution in [2.75, 3.05) is 11.9 Å². The molecule has 64 valence electrons. The quantitative estimate of drug-likeness (QED) is 0.697. The van der Waals surface area contributed by atoms with E-state index >= 15 is 0 Å². The zero-order valence-corrected chi connectivity index (χ0v) is 6.99. The molecule has 1 N–H and O–H groups in total. The third-order valence-corrected chi connectivity index (χ3v) is 1.44. The average Bonchev–Trinajstić information content (AvgIpc) is 2.19. The van der Waals surface area contributed by atoms with E-state index in [1.807, 2.05) is 12.1 Å². The van der Waals surface area contributed by atoms with Gasteiger partial charge in [-0.25, -0.2) is 4.98 Å². The Kier molecular flexibility index (Phi) is 3.29. The van der Waals surface area contributed by atoms with Crippen molar-refractivity contribution in [2.24, 2.45) is 0 Å². The first-order valence-corrected chi connectivity index (χ1v) is 3.84. The lowest BCUT2D eigenvalue weighted by Crippen LogP contribution is -2.01. The molecule has 0 aliphatic carbocycles. The Morgan fingerprint density at radius 3 is 2.77 bits per heavy atom. The molecule has 1 heterocycles. The molecule has 13 heavy (non-hydrogen) atoms. The van der Waals surface area contributed by atoms with Gasteiger partial charge in [0, 0.05) is 12.7 Å². The van der Waals surface area contributed by atoms with Crippen molar-refractivity contribution in [2.45, 2.75) is 6.42 Å². The molecule has 0 saturated heterocycles. The lowest BCUT2D eigenvalue weighted by molar-refractivity contribution is 1.05. The van der Waals surface area contributed by atoms with Gasteiger partial charge in [0.05, 0.1) is 18.1 Å². The Morgan fingerprint density at radius 2 is 2.23 bits per heavy atom. The van der Waals surface area contributed by atoms with Gasteiger partial charge in [0.25, 0.3) is 0 Å². The summed E-state index contributed by atoms with van der Waals surface area (Å²) in [6.45, 7) is 0.579. The molecule has 0 aliphatic rings. The van der Waals surface area contributed by atoms with E-state index in [2.05, 4.69) is 10.3 Å². The highest BCUT2D eigenvalue weighted by atomic mass is 15.0. The molecule has 0 fully saturated rings. The van der Waals surface area contributed by atoms with Crippen LogP contribution in [0.2, 0.25) is 0 Å². The fourth-order valence-corrected chi connectivity index (χ4v) is 0.811. The van der Waals surface area contributed by atoms with E-state index in [1.165, 1.54) is 6.20 Å². The summed E-state index contributed by atoms with van der Waals surface area (Å²) in [5, 5.41) is 19.7. The van der Waals surface area contributed by atoms with E-state index in [0.29, 0.717) is 24.3 Å². The Hall–Kier alpha value is -2.07. The van der Waals surface area contributed by atoms with Crippen molar-refractivity contribution in [3.05, 3.63) is 23.9 Å². The van der Waals surface area contributed by atoms with Crippen LogP contribution in [-0.4, -0.2) is 11.5 Å². The fraction of sp³-hybridized carbons (Fsp3) is 0.222. The summed E-state index contributed by atoms with van der Waals surface area (Å²) < 4.78 is 0. The van der Waals surface area contributed by atoms with Crippen LogP contribution in [0.5, 0.6) is 0 Å². The number of hydrogen-bond donors (Lipinski definition) is 1. The highest BCUT2D eigenvalue weighted by molar-refractivity contribution is 5.38. The van der Waals surface area contributed by atoms with Crippen molar-refractivity contribution in [3.8, 4) is 12.1 Å². The second kappa shape index (κ2) is 4.74. The number of hydrogen-bond acceptors (Lipinski definition) is 4. The number of pyridine rings is 1. The Morgan fingerprint density at radius 1 is 1.38 bits per heavy atom. The van der Waals surface area contributed by atoms with E-state index in [0.717, 1.165) is 0 Å². The van der Waals surface area contributed by atoms with Gasteiger partial charge in [0.2, 0.25) is 0 Å². The number of nitriles is 2. The van der Waals surface area contributed by atoms with Gasteiger partial charge in [0.1, 0.15) is 11.9 Å². The smallest absolute Gasteiger partial charge is 0.126 e. The Bertz CT molecular complexity index is 341. The summed E-state index contributed by atoms with van der Waals surface area (Å²) in [6, 6.07) is 7.40. The van der Waals surface area contributed by atoms with Gasteiger partial charge < -0.3 is 5.32 Å². The van der Waals surface area contributed by atoms with Crippen LogP contribution in [-0.2, 0) is 0 Å². The monoisotopic (exact) mass is 172 g/mol. The van der Waals surface area contributed by atoms with Crippen molar-refractivity contribution >= 4 is 5.82 Å². The van der Waals surface area contributed by atoms with Gasteiger partial charge >= 0.3 is 0 Å². The maximum atomic E-state index is 8.49. The predicted octanol–water partition coefficient (Wildman–Crippen LogP) is 1.28. The van der Waals surface area contributed by atoms with Crippen molar-refractivity contribution < 1.29 is 0 Å². The molecular formula is C9H8N4. The van der Waals surface area contributed by atoms with Gasteiger partial charge in [-0.05, 0) is 12.1 Å². The van der Waals surface area contributed by atoms with Crippen LogP contribution in [0.15, 0.2) is 18.3 Å². The van der Waals surface area contributed by atoms with Crippen LogP contribution in [0, 0.1) is 22.7 Å². The molecule has 0 spiro atoms. The largest absolute Gasteiger partial charge is 0.369 e. The summed E-state index contributed by atoms with van der Waals surface area (Å²) in [5.74, 6) is 0.689. The minimum absolute atomic E-state index is 0.446. The Labute approximate surface area is 76.4 Å². The molecule has 4 nitrogen and oxygen atoms in total. The van der Waals surface area contributed by atoms with E-state index in [9.17, 15) is 0 Å². The zero-order valence-electron chi connectivity index (χ0n) is 6.99. The minimum Gasteiger partial charge on any atom is -0.369 e. The number of anilines is 1. The molecule has 0 amide bonds. The van der Waals surface area contributed by atoms with Crippen molar-refractivity contribution in [1.82, 2.24) is 4.98 Å². The van der Waals surface area contributed by atoms with Crippen molar-refractivity contribution in [1.29, 1.82) is 10.5 Å². The zero-order chi connectivity index (χ0) is 9.52. The third kappa shape index (κ3) is 2.80. The van der Waals surface area contributed by atoms with E-state index in [-0.39, 0.29) is 0 Å². The van der Waals surface area contributed by atoms with Gasteiger partial charge in [0.15, 0.2) is 0 Å². The summed E-state index contributed by atoms with van der Waals surface area (Å²) in [5.41, 5.74) is 0.533. The number of rotatable bonds is 3. The van der Waals surface area contributed by atoms with Crippen LogP contribution in [0.25, 0.3) is 0 Å². The topological polar surface area (TPSA) is 72.5 Å². The minimum atomic E-state index is 0.446. The Balaban J connectivity index is 2.52. The van der Waals surface area contributed by atoms with E-state index in [1.54, 1.807) is 12.1 Å². The normalized spacial score (nSPS) is 8.46. The predicted molar refractivity (Wildman–Crippen MR) is 47.7 cm³/mol. The molecule has 0 aliphatic heterocycles. The summed E-state index contributed by atoms with van der Waals surface area (Å²) in [4.78, 5) is 3.98. The molecule has 4 heteroatoms. The molecule has 1 aromatic heterocycles. The molecule has 0 bridgehead atoms. The summed E-state index contributed by atoms with van der Waals surface area (Å²) in [6.07, 6.45) is 1.94. The van der Waals surface area contributed by atoms with Crippen LogP contribution < -0.4 is 5.32 Å². The molecule has 1 rings (SSSR count). The van der Waals surface area contributed by atoms with Crippen LogP contribution in [0.1, 0.15) is 12.0 Å². The number of nitrogens with zero attached hydrogens (tertiary/aromatic N) is 3. The molecule has 0 saturated carbocycles. The molecule has 0 radical (unpaired) electrons. The average molecular weight is 172 g/mol. The van der Waals surface area contributed by atoms with E-state index in [4.69, 9.17) is 10.5 Å². The van der Waals surface area contributed by atoms with Crippen LogP contribution >= 0.6 is 0 Å². The van der Waals surface area contributed by atoms with Gasteiger partial charge in [-0.2, -0.15) is 10.5 Å². The maximum Gasteiger partial charge on any atom is 0.126 e. The van der Waals surface area contributed by atoms with Crippen molar-refractivity contribution in [3.63, 3.8) is 0 Å². The lowest BCUT2D eigenvalue weighted by atomic mass is 10.3. The summed E-state index contributed by atoms with van der Waals surface area (Å²) in [7, 11) is 0. The first-order valence-electron chi connectivity index (χ1n) is 3.84. The van der Waals surface area contributed by atoms with Gasteiger partial charge in [-0.3, -0.25) is 0 Å². The molecule has 1 aromatic rings. The van der Waals surface area contributed by atoms with Gasteiger partial charge in [-0.1, -0.05) is 0 Å². The summed E-state index contributed by atoms with van der Waals surface area (Å²) >= 11 is 0. The SMILES string of the molecule is N#CCCNc1ccc(C#N)cn1. The highest BCUT2D eigenvalue weighted by Crippen LogP contribution is 2.03. The van der Waals surface area contributed by atoms with Crippen LogP contribution in [0.4, 0.5) is 5.82 Å². The van der Waals surface area contributed by atoms with Crippen LogP contribution in [0.3, 0.4) is 0 Å². The lowest BCUT2D eigenvalue weighted by Gasteiger charge is -2.00. The fourth-order valence-electron chi connectivity index (χ4n) is 0.811. The number of nitrogens with one attached hydrogen (secondary N) is 1. The first-order chi connectivity index (χ1) is 6.36.